The predicted octanol–water partition coefficient (Wildman–Crippen LogP) is 1.95. The van der Waals surface area contributed by atoms with E-state index in [2.05, 4.69) is 22.1 Å². The Labute approximate surface area is 123 Å². The van der Waals surface area contributed by atoms with Crippen molar-refractivity contribution < 1.29 is 9.59 Å². The molecule has 1 saturated heterocycles. The van der Waals surface area contributed by atoms with Gasteiger partial charge in [-0.3, -0.25) is 14.5 Å². The van der Waals surface area contributed by atoms with E-state index in [1.165, 1.54) is 10.5 Å². The minimum Gasteiger partial charge on any atom is -0.305 e. The van der Waals surface area contributed by atoms with Crippen LogP contribution in [0.15, 0.2) is 16.8 Å². The van der Waals surface area contributed by atoms with Crippen molar-refractivity contribution in [1.82, 2.24) is 10.2 Å². The molecule has 2 fully saturated rings. The van der Waals surface area contributed by atoms with E-state index in [9.17, 15) is 9.59 Å². The van der Waals surface area contributed by atoms with Gasteiger partial charge in [0.25, 0.3) is 0 Å². The Morgan fingerprint density at radius 1 is 1.30 bits per heavy atom. The van der Waals surface area contributed by atoms with Crippen LogP contribution < -0.4 is 5.32 Å². The lowest BCUT2D eigenvalue weighted by atomic mass is 10.2. The summed E-state index contributed by atoms with van der Waals surface area (Å²) in [7, 11) is 0. The molecule has 1 saturated carbocycles. The van der Waals surface area contributed by atoms with Gasteiger partial charge in [0.1, 0.15) is 0 Å². The number of imide groups is 1. The van der Waals surface area contributed by atoms with E-state index in [1.54, 1.807) is 11.3 Å². The highest BCUT2D eigenvalue weighted by atomic mass is 32.1. The third-order valence-electron chi connectivity index (χ3n) is 4.26. The fraction of sp³-hybridized carbons (Fsp3) is 0.600. The molecule has 3 rings (SSSR count). The first-order valence-electron chi connectivity index (χ1n) is 7.36. The highest BCUT2D eigenvalue weighted by Gasteiger charge is 2.42. The Morgan fingerprint density at radius 3 is 2.80 bits per heavy atom. The Kier molecular flexibility index (Phi) is 4.17. The maximum Gasteiger partial charge on any atom is 0.247 e. The second-order valence-electron chi connectivity index (χ2n) is 5.63. The first-order chi connectivity index (χ1) is 9.75. The van der Waals surface area contributed by atoms with Crippen LogP contribution in [0.3, 0.4) is 0 Å². The summed E-state index contributed by atoms with van der Waals surface area (Å²) >= 11 is 1.68. The van der Waals surface area contributed by atoms with E-state index in [0.717, 1.165) is 38.6 Å². The SMILES string of the molecule is O=C1CC(NCCc2ccsc2)C(=O)N1C1CCCC1. The molecular weight excluding hydrogens is 272 g/mol. The zero-order chi connectivity index (χ0) is 13.9. The maximum absolute atomic E-state index is 12.3. The maximum atomic E-state index is 12.3. The van der Waals surface area contributed by atoms with E-state index < -0.39 is 0 Å². The molecule has 1 aromatic heterocycles. The van der Waals surface area contributed by atoms with Crippen LogP contribution in [0.5, 0.6) is 0 Å². The average Bonchev–Trinajstić information content (AvgIpc) is 3.13. The average molecular weight is 292 g/mol. The Balaban J connectivity index is 1.53. The molecule has 0 spiro atoms. The molecule has 2 amide bonds. The lowest BCUT2D eigenvalue weighted by molar-refractivity contribution is -0.141. The van der Waals surface area contributed by atoms with Gasteiger partial charge in [-0.1, -0.05) is 12.8 Å². The van der Waals surface area contributed by atoms with Crippen molar-refractivity contribution in [2.45, 2.75) is 50.6 Å². The molecule has 0 bridgehead atoms. The van der Waals surface area contributed by atoms with Gasteiger partial charge in [-0.15, -0.1) is 0 Å². The number of carbonyl (C=O) groups is 2. The minimum atomic E-state index is -0.304. The van der Waals surface area contributed by atoms with Gasteiger partial charge in [0.05, 0.1) is 12.5 Å². The minimum absolute atomic E-state index is 0.00720. The quantitative estimate of drug-likeness (QED) is 0.844. The molecule has 2 heterocycles. The second-order valence-corrected chi connectivity index (χ2v) is 6.41. The number of likely N-dealkylation sites (tertiary alicyclic amines) is 1. The number of hydrogen-bond donors (Lipinski definition) is 1. The van der Waals surface area contributed by atoms with Gasteiger partial charge < -0.3 is 5.32 Å². The number of carbonyl (C=O) groups excluding carboxylic acids is 2. The number of amides is 2. The molecule has 1 aliphatic carbocycles. The first-order valence-corrected chi connectivity index (χ1v) is 8.30. The van der Waals surface area contributed by atoms with Gasteiger partial charge in [-0.25, -0.2) is 0 Å². The van der Waals surface area contributed by atoms with Gasteiger partial charge in [0.15, 0.2) is 0 Å². The molecule has 0 aromatic carbocycles. The third kappa shape index (κ3) is 2.79. The van der Waals surface area contributed by atoms with Gasteiger partial charge in [-0.05, 0) is 48.2 Å². The summed E-state index contributed by atoms with van der Waals surface area (Å²) in [4.78, 5) is 25.9. The fourth-order valence-corrected chi connectivity index (χ4v) is 3.89. The van der Waals surface area contributed by atoms with Crippen LogP contribution >= 0.6 is 11.3 Å². The molecule has 4 nitrogen and oxygen atoms in total. The summed E-state index contributed by atoms with van der Waals surface area (Å²) in [5, 5.41) is 7.42. The molecule has 0 radical (unpaired) electrons. The normalized spacial score (nSPS) is 24.0. The first kappa shape index (κ1) is 13.8. The molecule has 1 aromatic rings. The zero-order valence-corrected chi connectivity index (χ0v) is 12.3. The summed E-state index contributed by atoms with van der Waals surface area (Å²) in [6.45, 7) is 0.749. The molecule has 5 heteroatoms. The topological polar surface area (TPSA) is 49.4 Å². The smallest absolute Gasteiger partial charge is 0.247 e. The van der Waals surface area contributed by atoms with Crippen molar-refractivity contribution >= 4 is 23.2 Å². The molecule has 1 unspecified atom stereocenters. The molecule has 108 valence electrons. The van der Waals surface area contributed by atoms with Gasteiger partial charge in [-0.2, -0.15) is 11.3 Å². The summed E-state index contributed by atoms with van der Waals surface area (Å²) < 4.78 is 0. The molecule has 1 N–H and O–H groups in total. The van der Waals surface area contributed by atoms with Crippen molar-refractivity contribution in [3.05, 3.63) is 22.4 Å². The lowest BCUT2D eigenvalue weighted by Gasteiger charge is -2.22. The van der Waals surface area contributed by atoms with Crippen LogP contribution in [-0.4, -0.2) is 35.3 Å². The highest BCUT2D eigenvalue weighted by molar-refractivity contribution is 7.07. The summed E-state index contributed by atoms with van der Waals surface area (Å²) in [6, 6.07) is 1.96. The van der Waals surface area contributed by atoms with E-state index in [1.807, 2.05) is 0 Å². The largest absolute Gasteiger partial charge is 0.305 e. The Hall–Kier alpha value is -1.20. The van der Waals surface area contributed by atoms with Crippen molar-refractivity contribution in [1.29, 1.82) is 0 Å². The summed E-state index contributed by atoms with van der Waals surface area (Å²) in [5.74, 6) is 0.00199. The van der Waals surface area contributed by atoms with Gasteiger partial charge >= 0.3 is 0 Å². The summed E-state index contributed by atoms with van der Waals surface area (Å²) in [6.07, 6.45) is 5.48. The zero-order valence-electron chi connectivity index (χ0n) is 11.5. The third-order valence-corrected chi connectivity index (χ3v) is 4.99. The van der Waals surface area contributed by atoms with E-state index in [4.69, 9.17) is 0 Å². The van der Waals surface area contributed by atoms with Gasteiger partial charge in [0.2, 0.25) is 11.8 Å². The van der Waals surface area contributed by atoms with Crippen molar-refractivity contribution in [2.24, 2.45) is 0 Å². The van der Waals surface area contributed by atoms with Crippen LogP contribution in [0.2, 0.25) is 0 Å². The van der Waals surface area contributed by atoms with Crippen molar-refractivity contribution in [3.8, 4) is 0 Å². The number of rotatable bonds is 5. The molecule has 20 heavy (non-hydrogen) atoms. The van der Waals surface area contributed by atoms with E-state index in [0.29, 0.717) is 6.42 Å². The van der Waals surface area contributed by atoms with Crippen LogP contribution in [0.1, 0.15) is 37.7 Å². The number of nitrogens with zero attached hydrogens (tertiary/aromatic N) is 1. The second kappa shape index (κ2) is 6.06. The summed E-state index contributed by atoms with van der Waals surface area (Å²) in [5.41, 5.74) is 1.28. The highest BCUT2D eigenvalue weighted by Crippen LogP contribution is 2.28. The Morgan fingerprint density at radius 2 is 2.10 bits per heavy atom. The molecule has 1 aliphatic heterocycles. The molecule has 2 aliphatic rings. The van der Waals surface area contributed by atoms with Gasteiger partial charge in [0, 0.05) is 6.04 Å². The van der Waals surface area contributed by atoms with Crippen molar-refractivity contribution in [2.75, 3.05) is 6.54 Å². The molecular formula is C15H20N2O2S. The number of thiophene rings is 1. The number of hydrogen-bond acceptors (Lipinski definition) is 4. The molecule has 1 atom stereocenters. The van der Waals surface area contributed by atoms with Crippen molar-refractivity contribution in [3.63, 3.8) is 0 Å². The number of nitrogens with one attached hydrogen (secondary N) is 1. The predicted molar refractivity (Wildman–Crippen MR) is 78.5 cm³/mol. The van der Waals surface area contributed by atoms with Crippen LogP contribution in [-0.2, 0) is 16.0 Å². The van der Waals surface area contributed by atoms with Crippen LogP contribution in [0.4, 0.5) is 0 Å². The monoisotopic (exact) mass is 292 g/mol. The lowest BCUT2D eigenvalue weighted by Crippen LogP contribution is -2.43. The Bertz CT molecular complexity index is 480. The van der Waals surface area contributed by atoms with E-state index in [-0.39, 0.29) is 23.9 Å². The van der Waals surface area contributed by atoms with Crippen LogP contribution in [0, 0.1) is 0 Å². The standard InChI is InChI=1S/C15H20N2O2S/c18-14-9-13(16-7-5-11-6-8-20-10-11)15(19)17(14)12-3-1-2-4-12/h6,8,10,12-13,16H,1-5,7,9H2. The fourth-order valence-electron chi connectivity index (χ4n) is 3.18. The van der Waals surface area contributed by atoms with Crippen LogP contribution in [0.25, 0.3) is 0 Å². The van der Waals surface area contributed by atoms with E-state index >= 15 is 0 Å².